The highest BCUT2D eigenvalue weighted by Gasteiger charge is 2.65. The number of nitrogens with zero attached hydrogens (tertiary/aromatic N) is 2. The van der Waals surface area contributed by atoms with Crippen LogP contribution in [0.4, 0.5) is 9.93 Å². The molecule has 2 aromatic rings. The lowest BCUT2D eigenvalue weighted by atomic mass is 9.78. The molecule has 4 atom stereocenters. The van der Waals surface area contributed by atoms with Crippen LogP contribution in [0.15, 0.2) is 35.7 Å². The van der Waals surface area contributed by atoms with Gasteiger partial charge in [0.05, 0.1) is 12.3 Å². The van der Waals surface area contributed by atoms with Gasteiger partial charge in [0.2, 0.25) is 5.91 Å². The first-order valence-electron chi connectivity index (χ1n) is 14.4. The average molecular weight is 600 g/mol. The second-order valence-corrected chi connectivity index (χ2v) is 12.6. The molecular formula is C30H37N3O8S. The molecule has 226 valence electrons. The van der Waals surface area contributed by atoms with Gasteiger partial charge < -0.3 is 24.3 Å². The lowest BCUT2D eigenvalue weighted by Gasteiger charge is -2.23. The zero-order valence-electron chi connectivity index (χ0n) is 24.1. The van der Waals surface area contributed by atoms with Gasteiger partial charge in [-0.3, -0.25) is 19.3 Å². The molecule has 0 aliphatic carbocycles. The van der Waals surface area contributed by atoms with Crippen LogP contribution in [0.25, 0.3) is 0 Å². The minimum Gasteiger partial charge on any atom is -0.459 e. The summed E-state index contributed by atoms with van der Waals surface area (Å²) in [6, 6.07) is 8.66. The number of aromatic nitrogens is 1. The van der Waals surface area contributed by atoms with E-state index in [9.17, 15) is 19.2 Å². The van der Waals surface area contributed by atoms with E-state index in [1.165, 1.54) is 16.2 Å². The van der Waals surface area contributed by atoms with Crippen LogP contribution in [0.5, 0.6) is 0 Å². The molecule has 12 heteroatoms. The van der Waals surface area contributed by atoms with Gasteiger partial charge in [-0.25, -0.2) is 9.78 Å². The summed E-state index contributed by atoms with van der Waals surface area (Å²) in [7, 11) is 0. The van der Waals surface area contributed by atoms with Gasteiger partial charge in [0, 0.05) is 31.4 Å². The molecule has 3 unspecified atom stereocenters. The van der Waals surface area contributed by atoms with Crippen molar-refractivity contribution in [1.82, 2.24) is 9.88 Å². The van der Waals surface area contributed by atoms with E-state index >= 15 is 0 Å². The molecular weight excluding hydrogens is 562 g/mol. The first-order valence-corrected chi connectivity index (χ1v) is 15.2. The summed E-state index contributed by atoms with van der Waals surface area (Å²) < 4.78 is 22.4. The highest BCUT2D eigenvalue weighted by atomic mass is 32.1. The summed E-state index contributed by atoms with van der Waals surface area (Å²) in [6.07, 6.45) is 1.29. The van der Waals surface area contributed by atoms with Gasteiger partial charge in [-0.2, -0.15) is 0 Å². The van der Waals surface area contributed by atoms with Gasteiger partial charge in [0.15, 0.2) is 16.1 Å². The van der Waals surface area contributed by atoms with E-state index in [2.05, 4.69) is 24.1 Å². The number of hydrogen-bond acceptors (Lipinski definition) is 10. The number of ether oxygens (including phenoxy) is 4. The van der Waals surface area contributed by atoms with Gasteiger partial charge in [-0.15, -0.1) is 11.3 Å². The van der Waals surface area contributed by atoms with Crippen LogP contribution in [-0.2, 0) is 45.5 Å². The predicted octanol–water partition coefficient (Wildman–Crippen LogP) is 4.41. The quantitative estimate of drug-likeness (QED) is 0.182. The number of thiazole rings is 1. The lowest BCUT2D eigenvalue weighted by molar-refractivity contribution is -0.160. The Hall–Kier alpha value is -3.51. The molecule has 1 aromatic carbocycles. The molecule has 11 nitrogen and oxygen atoms in total. The minimum absolute atomic E-state index is 0.0843. The van der Waals surface area contributed by atoms with Crippen molar-refractivity contribution in [3.05, 3.63) is 47.0 Å². The van der Waals surface area contributed by atoms with Crippen LogP contribution < -0.4 is 5.32 Å². The van der Waals surface area contributed by atoms with Crippen molar-refractivity contribution in [2.45, 2.75) is 77.2 Å². The molecule has 4 heterocycles. The Labute approximate surface area is 248 Å². The van der Waals surface area contributed by atoms with Gasteiger partial charge in [0.25, 0.3) is 0 Å². The first-order chi connectivity index (χ1) is 20.1. The number of esters is 2. The predicted molar refractivity (Wildman–Crippen MR) is 152 cm³/mol. The van der Waals surface area contributed by atoms with Crippen molar-refractivity contribution in [3.8, 4) is 0 Å². The van der Waals surface area contributed by atoms with E-state index in [4.69, 9.17) is 18.9 Å². The van der Waals surface area contributed by atoms with E-state index in [0.717, 1.165) is 12.0 Å². The van der Waals surface area contributed by atoms with Crippen LogP contribution in [-0.4, -0.2) is 65.7 Å². The summed E-state index contributed by atoms with van der Waals surface area (Å²) in [4.78, 5) is 57.8. The van der Waals surface area contributed by atoms with Crippen molar-refractivity contribution in [2.75, 3.05) is 25.1 Å². The lowest BCUT2D eigenvalue weighted by Crippen LogP contribution is -2.43. The molecule has 3 saturated heterocycles. The molecule has 0 radical (unpaired) electrons. The Kier molecular flexibility index (Phi) is 8.84. The number of carbonyl (C=O) groups excluding carboxylic acids is 4. The number of nitrogens with one attached hydrogen (secondary N) is 1. The largest absolute Gasteiger partial charge is 0.459 e. The Bertz CT molecular complexity index is 1320. The second-order valence-electron chi connectivity index (χ2n) is 11.8. The molecule has 3 aliphatic rings. The summed E-state index contributed by atoms with van der Waals surface area (Å²) in [5, 5.41) is 4.81. The van der Waals surface area contributed by atoms with E-state index in [1.54, 1.807) is 12.3 Å². The summed E-state index contributed by atoms with van der Waals surface area (Å²) in [5.41, 5.74) is -1.27. The number of hydrogen-bond donors (Lipinski definition) is 1. The number of anilines is 1. The summed E-state index contributed by atoms with van der Waals surface area (Å²) in [6.45, 7) is 7.25. The maximum Gasteiger partial charge on any atom is 0.410 e. The van der Waals surface area contributed by atoms with Crippen molar-refractivity contribution in [1.29, 1.82) is 0 Å². The third-order valence-corrected chi connectivity index (χ3v) is 8.76. The van der Waals surface area contributed by atoms with Gasteiger partial charge in [-0.05, 0) is 37.7 Å². The fourth-order valence-corrected chi connectivity index (χ4v) is 6.50. The van der Waals surface area contributed by atoms with Crippen LogP contribution in [0, 0.1) is 11.3 Å². The van der Waals surface area contributed by atoms with Crippen LogP contribution >= 0.6 is 11.3 Å². The van der Waals surface area contributed by atoms with Crippen molar-refractivity contribution in [3.63, 3.8) is 0 Å². The fourth-order valence-electron chi connectivity index (χ4n) is 5.67. The number of likely N-dealkylation sites (tertiary alicyclic amines) is 1. The Morgan fingerprint density at radius 2 is 2.00 bits per heavy atom. The fraction of sp³-hybridized carbons (Fsp3) is 0.567. The van der Waals surface area contributed by atoms with E-state index in [-0.39, 0.29) is 32.0 Å². The highest BCUT2D eigenvalue weighted by Crippen LogP contribution is 2.52. The molecule has 5 rings (SSSR count). The molecule has 3 fully saturated rings. The van der Waals surface area contributed by atoms with Gasteiger partial charge >= 0.3 is 18.0 Å². The number of rotatable bonds is 10. The Morgan fingerprint density at radius 3 is 2.76 bits per heavy atom. The zero-order valence-corrected chi connectivity index (χ0v) is 24.9. The van der Waals surface area contributed by atoms with Crippen molar-refractivity contribution in [2.24, 2.45) is 11.3 Å². The van der Waals surface area contributed by atoms with Crippen LogP contribution in [0.3, 0.4) is 0 Å². The smallest absolute Gasteiger partial charge is 0.410 e. The molecule has 1 N–H and O–H groups in total. The second kappa shape index (κ2) is 12.4. The standard InChI is InChI=1S/C30H37N3O8S/c1-19(2)11-13-38-16-21-14-30(25(35)40-21)18-29(3,41-26(30)36)23-17-42-27(31-23)32-24(34)22-10-7-12-33(22)28(37)39-15-20-8-5-4-6-9-20/h4-6,8-9,17,19,21-22H,7,10-16,18H2,1-3H3,(H,31,32,34)/t21?,22-,29?,30?/m1/s1. The van der Waals surface area contributed by atoms with Crippen LogP contribution in [0.2, 0.25) is 0 Å². The van der Waals surface area contributed by atoms with E-state index in [0.29, 0.717) is 42.7 Å². The first kappa shape index (κ1) is 30.0. The van der Waals surface area contributed by atoms with Crippen LogP contribution in [0.1, 0.15) is 64.1 Å². The number of cyclic esters (lactones) is 2. The number of amides is 2. The topological polar surface area (TPSA) is 133 Å². The molecule has 0 saturated carbocycles. The van der Waals surface area contributed by atoms with Gasteiger partial charge in [0.1, 0.15) is 18.8 Å². The molecule has 1 spiro atoms. The van der Waals surface area contributed by atoms with Gasteiger partial charge in [-0.1, -0.05) is 44.2 Å². The molecule has 0 bridgehead atoms. The summed E-state index contributed by atoms with van der Waals surface area (Å²) >= 11 is 1.18. The van der Waals surface area contributed by atoms with Crippen molar-refractivity contribution >= 4 is 40.4 Å². The number of benzene rings is 1. The SMILES string of the molecule is CC(C)CCOCC1CC2(CC(C)(c3csc(NC(=O)[C@H]4CCCN4C(=O)OCc4ccccc4)n3)OC2=O)C(=O)O1. The molecule has 2 amide bonds. The normalized spacial score (nSPS) is 27.0. The third-order valence-electron chi connectivity index (χ3n) is 8.00. The third kappa shape index (κ3) is 6.29. The highest BCUT2D eigenvalue weighted by molar-refractivity contribution is 7.14. The average Bonchev–Trinajstić information content (AvgIpc) is 3.74. The Balaban J connectivity index is 1.18. The zero-order chi connectivity index (χ0) is 29.9. The Morgan fingerprint density at radius 1 is 1.21 bits per heavy atom. The molecule has 3 aliphatic heterocycles. The minimum atomic E-state index is -1.40. The summed E-state index contributed by atoms with van der Waals surface area (Å²) in [5.74, 6) is -1.10. The monoisotopic (exact) mass is 599 g/mol. The van der Waals surface area contributed by atoms with E-state index < -0.39 is 41.2 Å². The van der Waals surface area contributed by atoms with E-state index in [1.807, 2.05) is 30.3 Å². The maximum atomic E-state index is 13.1. The number of carbonyl (C=O) groups is 4. The maximum absolute atomic E-state index is 13.1. The molecule has 1 aromatic heterocycles. The molecule has 42 heavy (non-hydrogen) atoms. The van der Waals surface area contributed by atoms with Crippen molar-refractivity contribution < 1.29 is 38.1 Å².